The quantitative estimate of drug-likeness (QED) is 0.519. The summed E-state index contributed by atoms with van der Waals surface area (Å²) in [5.74, 6) is 0.842. The summed E-state index contributed by atoms with van der Waals surface area (Å²) in [6.45, 7) is 1.94. The van der Waals surface area contributed by atoms with Crippen LogP contribution in [-0.2, 0) is 0 Å². The van der Waals surface area contributed by atoms with E-state index in [1.54, 1.807) is 68.9 Å². The van der Waals surface area contributed by atoms with Crippen molar-refractivity contribution in [2.75, 3.05) is 19.5 Å². The van der Waals surface area contributed by atoms with Crippen LogP contribution in [0.2, 0.25) is 0 Å². The predicted octanol–water partition coefficient (Wildman–Crippen LogP) is 4.57. The summed E-state index contributed by atoms with van der Waals surface area (Å²) in [5, 5.41) is 3.96. The number of aromatic nitrogens is 1. The second kappa shape index (κ2) is 8.36. The third-order valence-corrected chi connectivity index (χ3v) is 5.10. The number of amides is 1. The maximum atomic E-state index is 13.3. The molecule has 0 saturated carbocycles. The molecule has 0 aliphatic carbocycles. The van der Waals surface area contributed by atoms with E-state index >= 15 is 0 Å². The minimum absolute atomic E-state index is 0.214. The van der Waals surface area contributed by atoms with E-state index in [1.807, 2.05) is 25.1 Å². The fourth-order valence-corrected chi connectivity index (χ4v) is 3.53. The van der Waals surface area contributed by atoms with E-state index in [-0.39, 0.29) is 11.5 Å². The molecule has 0 radical (unpaired) electrons. The Bertz CT molecular complexity index is 1340. The van der Waals surface area contributed by atoms with Gasteiger partial charge in [0.1, 0.15) is 11.5 Å². The van der Waals surface area contributed by atoms with E-state index < -0.39 is 0 Å². The highest BCUT2D eigenvalue weighted by atomic mass is 16.5. The van der Waals surface area contributed by atoms with Crippen LogP contribution in [0.1, 0.15) is 15.9 Å². The molecule has 0 aliphatic rings. The lowest BCUT2D eigenvalue weighted by molar-refractivity contribution is 0.102. The van der Waals surface area contributed by atoms with Crippen molar-refractivity contribution in [2.45, 2.75) is 6.92 Å². The Kier molecular flexibility index (Phi) is 5.45. The lowest BCUT2D eigenvalue weighted by Crippen LogP contribution is -2.22. The van der Waals surface area contributed by atoms with E-state index in [0.29, 0.717) is 39.2 Å². The molecule has 31 heavy (non-hydrogen) atoms. The number of nitrogens with one attached hydrogen (secondary N) is 1. The zero-order valence-corrected chi connectivity index (χ0v) is 17.5. The van der Waals surface area contributed by atoms with Gasteiger partial charge in [-0.15, -0.1) is 0 Å². The molecule has 1 aromatic heterocycles. The third kappa shape index (κ3) is 3.88. The summed E-state index contributed by atoms with van der Waals surface area (Å²) >= 11 is 0. The van der Waals surface area contributed by atoms with Crippen LogP contribution in [-0.4, -0.2) is 24.7 Å². The van der Waals surface area contributed by atoms with Crippen molar-refractivity contribution in [3.8, 4) is 17.2 Å². The topological polar surface area (TPSA) is 69.6 Å². The third-order valence-electron chi connectivity index (χ3n) is 5.10. The van der Waals surface area contributed by atoms with Crippen molar-refractivity contribution in [2.24, 2.45) is 0 Å². The lowest BCUT2D eigenvalue weighted by atomic mass is 10.1. The molecule has 0 spiro atoms. The zero-order valence-electron chi connectivity index (χ0n) is 17.5. The molecule has 6 nitrogen and oxygen atoms in total. The highest BCUT2D eigenvalue weighted by molar-refractivity contribution is 6.13. The first kappa shape index (κ1) is 20.2. The fourth-order valence-electron chi connectivity index (χ4n) is 3.53. The molecule has 1 amide bonds. The molecule has 0 aliphatic heterocycles. The number of hydrogen-bond acceptors (Lipinski definition) is 4. The smallest absolute Gasteiger partial charge is 0.262 e. The van der Waals surface area contributed by atoms with Crippen molar-refractivity contribution in [3.05, 3.63) is 94.4 Å². The van der Waals surface area contributed by atoms with Crippen LogP contribution in [0.25, 0.3) is 16.5 Å². The number of fused-ring (bicyclic) bond motifs is 1. The lowest BCUT2D eigenvalue weighted by Gasteiger charge is -2.15. The Hall–Kier alpha value is -4.06. The minimum atomic E-state index is -0.336. The van der Waals surface area contributed by atoms with Gasteiger partial charge in [-0.3, -0.25) is 14.2 Å². The zero-order chi connectivity index (χ0) is 22.0. The van der Waals surface area contributed by atoms with Gasteiger partial charge < -0.3 is 14.8 Å². The van der Waals surface area contributed by atoms with Gasteiger partial charge in [-0.2, -0.15) is 0 Å². The second-order valence-corrected chi connectivity index (χ2v) is 7.12. The molecule has 6 heteroatoms. The molecule has 0 fully saturated rings. The van der Waals surface area contributed by atoms with Gasteiger partial charge in [-0.05, 0) is 42.8 Å². The summed E-state index contributed by atoms with van der Waals surface area (Å²) in [6, 6.07) is 19.8. The molecule has 1 heterocycles. The molecule has 0 atom stereocenters. The number of hydrogen-bond donors (Lipinski definition) is 1. The molecule has 0 bridgehead atoms. The van der Waals surface area contributed by atoms with Crippen molar-refractivity contribution < 1.29 is 14.3 Å². The number of rotatable bonds is 5. The van der Waals surface area contributed by atoms with Crippen molar-refractivity contribution in [1.29, 1.82) is 0 Å². The standard InChI is InChI=1S/C25H22N2O4/c1-16-11-12-23(31-3)22(13-16)26-24(28)21-15-27(17-7-6-8-18(14-17)30-2)25(29)20-10-5-4-9-19(20)21/h4-15H,1-3H3,(H,26,28). The van der Waals surface area contributed by atoms with Crippen LogP contribution in [0, 0.1) is 6.92 Å². The highest BCUT2D eigenvalue weighted by Gasteiger charge is 2.17. The SMILES string of the molecule is COc1cccc(-n2cc(C(=O)Nc3cc(C)ccc3OC)c3ccccc3c2=O)c1. The van der Waals surface area contributed by atoms with Crippen LogP contribution < -0.4 is 20.3 Å². The van der Waals surface area contributed by atoms with Gasteiger partial charge in [0.05, 0.1) is 31.2 Å². The summed E-state index contributed by atoms with van der Waals surface area (Å²) in [6.07, 6.45) is 1.57. The molecular weight excluding hydrogens is 392 g/mol. The van der Waals surface area contributed by atoms with Gasteiger partial charge >= 0.3 is 0 Å². The average Bonchev–Trinajstić information content (AvgIpc) is 2.79. The largest absolute Gasteiger partial charge is 0.497 e. The first-order valence-electron chi connectivity index (χ1n) is 9.76. The summed E-state index contributed by atoms with van der Waals surface area (Å²) < 4.78 is 12.1. The van der Waals surface area contributed by atoms with Crippen LogP contribution >= 0.6 is 0 Å². The first-order valence-corrected chi connectivity index (χ1v) is 9.76. The summed E-state index contributed by atoms with van der Waals surface area (Å²) in [5.41, 5.74) is 2.32. The van der Waals surface area contributed by atoms with Crippen LogP contribution in [0.15, 0.2) is 77.7 Å². The monoisotopic (exact) mass is 414 g/mol. The van der Waals surface area contributed by atoms with E-state index in [1.165, 1.54) is 4.57 Å². The Morgan fingerprint density at radius 2 is 1.68 bits per heavy atom. The van der Waals surface area contributed by atoms with E-state index in [0.717, 1.165) is 5.56 Å². The number of ether oxygens (including phenoxy) is 2. The van der Waals surface area contributed by atoms with Gasteiger partial charge in [0, 0.05) is 23.0 Å². The van der Waals surface area contributed by atoms with Gasteiger partial charge in [0.15, 0.2) is 0 Å². The average molecular weight is 414 g/mol. The van der Waals surface area contributed by atoms with E-state index in [9.17, 15) is 9.59 Å². The Morgan fingerprint density at radius 1 is 0.903 bits per heavy atom. The number of carbonyl (C=O) groups is 1. The van der Waals surface area contributed by atoms with Gasteiger partial charge in [-0.1, -0.05) is 30.3 Å². The number of anilines is 1. The van der Waals surface area contributed by atoms with Crippen LogP contribution in [0.3, 0.4) is 0 Å². The second-order valence-electron chi connectivity index (χ2n) is 7.12. The molecule has 156 valence electrons. The Balaban J connectivity index is 1.88. The van der Waals surface area contributed by atoms with Crippen molar-refractivity contribution in [1.82, 2.24) is 4.57 Å². The van der Waals surface area contributed by atoms with Crippen LogP contribution in [0.4, 0.5) is 5.69 Å². The maximum absolute atomic E-state index is 13.3. The number of carbonyl (C=O) groups excluding carboxylic acids is 1. The predicted molar refractivity (Wildman–Crippen MR) is 122 cm³/mol. The molecule has 0 unspecified atom stereocenters. The number of aryl methyl sites for hydroxylation is 1. The molecule has 1 N–H and O–H groups in total. The normalized spacial score (nSPS) is 10.7. The van der Waals surface area contributed by atoms with Crippen LogP contribution in [0.5, 0.6) is 11.5 Å². The minimum Gasteiger partial charge on any atom is -0.497 e. The van der Waals surface area contributed by atoms with Gasteiger partial charge in [0.2, 0.25) is 0 Å². The number of methoxy groups -OCH3 is 2. The molecular formula is C25H22N2O4. The molecule has 3 aromatic carbocycles. The number of nitrogens with zero attached hydrogens (tertiary/aromatic N) is 1. The van der Waals surface area contributed by atoms with E-state index in [4.69, 9.17) is 9.47 Å². The highest BCUT2D eigenvalue weighted by Crippen LogP contribution is 2.27. The number of pyridine rings is 1. The van der Waals surface area contributed by atoms with Gasteiger partial charge in [0.25, 0.3) is 11.5 Å². The molecule has 4 rings (SSSR count). The molecule has 4 aromatic rings. The summed E-state index contributed by atoms with van der Waals surface area (Å²) in [7, 11) is 3.12. The first-order chi connectivity index (χ1) is 15.0. The maximum Gasteiger partial charge on any atom is 0.262 e. The summed E-state index contributed by atoms with van der Waals surface area (Å²) in [4.78, 5) is 26.5. The Morgan fingerprint density at radius 3 is 2.42 bits per heavy atom. The van der Waals surface area contributed by atoms with Crippen molar-refractivity contribution in [3.63, 3.8) is 0 Å². The number of benzene rings is 3. The Labute approximate surface area is 179 Å². The fraction of sp³-hybridized carbons (Fsp3) is 0.120. The van der Waals surface area contributed by atoms with E-state index in [2.05, 4.69) is 5.32 Å². The van der Waals surface area contributed by atoms with Gasteiger partial charge in [-0.25, -0.2) is 0 Å². The molecule has 0 saturated heterocycles. The van der Waals surface area contributed by atoms with Crippen molar-refractivity contribution >= 4 is 22.4 Å².